The smallest absolute Gasteiger partial charge is 0.325 e. The molecule has 4 heteroatoms. The molecule has 0 N–H and O–H groups in total. The lowest BCUT2D eigenvalue weighted by atomic mass is 10.1. The minimum Gasteiger partial charge on any atom is -0.368 e. The van der Waals surface area contributed by atoms with Crippen molar-refractivity contribution < 1.29 is 9.63 Å². The minimum absolute atomic E-state index is 0.0675. The van der Waals surface area contributed by atoms with Crippen LogP contribution in [-0.2, 0) is 9.63 Å². The third kappa shape index (κ3) is 25.5. The van der Waals surface area contributed by atoms with Gasteiger partial charge in [-0.15, -0.1) is 5.06 Å². The summed E-state index contributed by atoms with van der Waals surface area (Å²) in [5.41, 5.74) is 0. The van der Waals surface area contributed by atoms with E-state index < -0.39 is 0 Å². The molecular weight excluding hydrogens is 420 g/mol. The highest BCUT2D eigenvalue weighted by Gasteiger charge is 2.12. The first-order valence-corrected chi connectivity index (χ1v) is 14.5. The van der Waals surface area contributed by atoms with Crippen LogP contribution in [0.3, 0.4) is 0 Å². The number of carbonyl (C=O) groups is 1. The Morgan fingerprint density at radius 1 is 0.588 bits per heavy atom. The fourth-order valence-corrected chi connectivity index (χ4v) is 4.02. The summed E-state index contributed by atoms with van der Waals surface area (Å²) in [4.78, 5) is 20.2. The lowest BCUT2D eigenvalue weighted by Crippen LogP contribution is -2.30. The van der Waals surface area contributed by atoms with Gasteiger partial charge in [-0.05, 0) is 78.4 Å². The van der Waals surface area contributed by atoms with Crippen LogP contribution in [0.2, 0.25) is 0 Å². The predicted octanol–water partition coefficient (Wildman–Crippen LogP) is 8.48. The number of nitrogens with zero attached hydrogens (tertiary/aromatic N) is 2. The van der Waals surface area contributed by atoms with E-state index in [1.807, 2.05) is 19.2 Å². The van der Waals surface area contributed by atoms with Crippen LogP contribution in [-0.4, -0.2) is 49.7 Å². The molecule has 0 amide bonds. The van der Waals surface area contributed by atoms with E-state index in [2.05, 4.69) is 43.1 Å². The number of allylic oxidation sites excluding steroid dienone is 4. The maximum atomic E-state index is 12.3. The van der Waals surface area contributed by atoms with Crippen molar-refractivity contribution in [2.75, 3.05) is 33.7 Å². The van der Waals surface area contributed by atoms with Crippen LogP contribution in [0.5, 0.6) is 0 Å². The average molecular weight is 479 g/mol. The second-order valence-electron chi connectivity index (χ2n) is 9.88. The Balaban J connectivity index is 4.04. The number of unbranched alkanes of at least 4 members (excludes halogenated alkanes) is 12. The van der Waals surface area contributed by atoms with Gasteiger partial charge in [0, 0.05) is 19.5 Å². The molecule has 0 atom stereocenters. The molecule has 0 aliphatic carbocycles. The van der Waals surface area contributed by atoms with Crippen LogP contribution >= 0.6 is 0 Å². The molecule has 0 fully saturated rings. The fraction of sp³-hybridized carbons (Fsp3) is 0.833. The van der Waals surface area contributed by atoms with E-state index in [1.54, 1.807) is 0 Å². The van der Waals surface area contributed by atoms with Crippen molar-refractivity contribution in [1.82, 2.24) is 9.96 Å². The predicted molar refractivity (Wildman–Crippen MR) is 149 cm³/mol. The van der Waals surface area contributed by atoms with E-state index in [0.717, 1.165) is 51.7 Å². The molecule has 4 nitrogen and oxygen atoms in total. The van der Waals surface area contributed by atoms with Crippen LogP contribution in [0.25, 0.3) is 0 Å². The van der Waals surface area contributed by atoms with E-state index in [0.29, 0.717) is 6.42 Å². The Labute approximate surface area is 213 Å². The zero-order valence-corrected chi connectivity index (χ0v) is 23.4. The van der Waals surface area contributed by atoms with Crippen molar-refractivity contribution in [3.63, 3.8) is 0 Å². The van der Waals surface area contributed by atoms with Gasteiger partial charge in [0.1, 0.15) is 0 Å². The number of rotatable bonds is 25. The van der Waals surface area contributed by atoms with Gasteiger partial charge in [-0.2, -0.15) is 0 Å². The molecule has 0 aromatic heterocycles. The molecule has 34 heavy (non-hydrogen) atoms. The van der Waals surface area contributed by atoms with Crippen molar-refractivity contribution >= 4 is 5.97 Å². The first-order valence-electron chi connectivity index (χ1n) is 14.5. The molecule has 0 heterocycles. The van der Waals surface area contributed by atoms with Crippen molar-refractivity contribution in [3.05, 3.63) is 24.3 Å². The van der Waals surface area contributed by atoms with Gasteiger partial charge in [0.05, 0.1) is 0 Å². The van der Waals surface area contributed by atoms with Crippen LogP contribution in [0.15, 0.2) is 24.3 Å². The Morgan fingerprint density at radius 2 is 1.03 bits per heavy atom. The Kier molecular flexibility index (Phi) is 25.6. The van der Waals surface area contributed by atoms with Gasteiger partial charge in [0.2, 0.25) is 0 Å². The standard InChI is InChI=1S/C30H58N2O2/c1-5-7-9-11-13-15-17-19-21-23-28-32(34-30(33)26-25-27-31(3)4)29-24-22-20-18-16-14-12-10-8-6-2/h7-10H,5-6,11-29H2,1-4H3/b9-7-,10-8-. The Morgan fingerprint density at radius 3 is 1.47 bits per heavy atom. The molecule has 0 radical (unpaired) electrons. The summed E-state index contributed by atoms with van der Waals surface area (Å²) >= 11 is 0. The molecule has 0 spiro atoms. The van der Waals surface area contributed by atoms with Gasteiger partial charge >= 0.3 is 5.97 Å². The second kappa shape index (κ2) is 26.5. The van der Waals surface area contributed by atoms with Crippen molar-refractivity contribution in [1.29, 1.82) is 0 Å². The van der Waals surface area contributed by atoms with E-state index in [-0.39, 0.29) is 5.97 Å². The number of hydrogen-bond acceptors (Lipinski definition) is 4. The summed E-state index contributed by atoms with van der Waals surface area (Å²) in [5, 5.41) is 1.96. The summed E-state index contributed by atoms with van der Waals surface area (Å²) in [6.45, 7) is 7.06. The number of hydroxylamine groups is 2. The van der Waals surface area contributed by atoms with Gasteiger partial charge in [-0.3, -0.25) is 4.79 Å². The second-order valence-corrected chi connectivity index (χ2v) is 9.88. The van der Waals surface area contributed by atoms with Crippen LogP contribution in [0.1, 0.15) is 129 Å². The van der Waals surface area contributed by atoms with Crippen LogP contribution in [0, 0.1) is 0 Å². The van der Waals surface area contributed by atoms with Crippen molar-refractivity contribution in [2.45, 2.75) is 129 Å². The Hall–Kier alpha value is -1.13. The maximum Gasteiger partial charge on any atom is 0.325 e. The highest BCUT2D eigenvalue weighted by Crippen LogP contribution is 2.12. The molecule has 0 aromatic rings. The number of carbonyl (C=O) groups excluding carboxylic acids is 1. The first-order chi connectivity index (χ1) is 16.6. The highest BCUT2D eigenvalue weighted by molar-refractivity contribution is 5.68. The summed E-state index contributed by atoms with van der Waals surface area (Å²) in [6, 6.07) is 0. The van der Waals surface area contributed by atoms with E-state index in [1.165, 1.54) is 77.0 Å². The Bertz CT molecular complexity index is 458. The van der Waals surface area contributed by atoms with E-state index >= 15 is 0 Å². The lowest BCUT2D eigenvalue weighted by molar-refractivity contribution is -0.191. The lowest BCUT2D eigenvalue weighted by Gasteiger charge is -2.21. The molecule has 0 aliphatic heterocycles. The minimum atomic E-state index is -0.0675. The normalized spacial score (nSPS) is 12.1. The fourth-order valence-electron chi connectivity index (χ4n) is 4.02. The monoisotopic (exact) mass is 478 g/mol. The SMILES string of the molecule is CC/C=C\CCCCCCCCN(CCCCCCCC/C=C\CC)OC(=O)CCCN(C)C. The van der Waals surface area contributed by atoms with Gasteiger partial charge in [0.15, 0.2) is 0 Å². The van der Waals surface area contributed by atoms with Crippen LogP contribution in [0.4, 0.5) is 0 Å². The van der Waals surface area contributed by atoms with Crippen molar-refractivity contribution in [3.8, 4) is 0 Å². The molecule has 0 bridgehead atoms. The third-order valence-electron chi connectivity index (χ3n) is 6.08. The molecule has 0 aromatic carbocycles. The first kappa shape index (κ1) is 32.9. The van der Waals surface area contributed by atoms with Gasteiger partial charge in [-0.25, -0.2) is 0 Å². The topological polar surface area (TPSA) is 32.8 Å². The highest BCUT2D eigenvalue weighted by atomic mass is 16.7. The summed E-state index contributed by atoms with van der Waals surface area (Å²) in [7, 11) is 4.09. The van der Waals surface area contributed by atoms with Gasteiger partial charge < -0.3 is 9.74 Å². The zero-order chi connectivity index (χ0) is 25.1. The van der Waals surface area contributed by atoms with Crippen LogP contribution < -0.4 is 0 Å². The molecule has 0 saturated carbocycles. The molecule has 200 valence electrons. The molecule has 0 unspecified atom stereocenters. The van der Waals surface area contributed by atoms with Gasteiger partial charge in [-0.1, -0.05) is 89.5 Å². The summed E-state index contributed by atoms with van der Waals surface area (Å²) in [5.74, 6) is -0.0675. The zero-order valence-electron chi connectivity index (χ0n) is 23.4. The summed E-state index contributed by atoms with van der Waals surface area (Å²) in [6.07, 6.45) is 30.4. The third-order valence-corrected chi connectivity index (χ3v) is 6.08. The quantitative estimate of drug-likeness (QED) is 0.0748. The average Bonchev–Trinajstić information content (AvgIpc) is 2.81. The number of hydrogen-bond donors (Lipinski definition) is 0. The van der Waals surface area contributed by atoms with Gasteiger partial charge in [0.25, 0.3) is 0 Å². The van der Waals surface area contributed by atoms with E-state index in [9.17, 15) is 4.79 Å². The molecular formula is C30H58N2O2. The van der Waals surface area contributed by atoms with E-state index in [4.69, 9.17) is 4.84 Å². The molecule has 0 rings (SSSR count). The molecule has 0 aliphatic rings. The van der Waals surface area contributed by atoms with Crippen molar-refractivity contribution in [2.24, 2.45) is 0 Å². The molecule has 0 saturated heterocycles. The maximum absolute atomic E-state index is 12.3. The summed E-state index contributed by atoms with van der Waals surface area (Å²) < 4.78 is 0. The largest absolute Gasteiger partial charge is 0.368 e.